The molecule has 12 heavy (non-hydrogen) atoms. The number of hydrogen-bond donors (Lipinski definition) is 1. The van der Waals surface area contributed by atoms with E-state index in [1.165, 1.54) is 0 Å². The lowest BCUT2D eigenvalue weighted by Gasteiger charge is -1.94. The van der Waals surface area contributed by atoms with Crippen LogP contribution in [-0.4, -0.2) is 4.98 Å². The van der Waals surface area contributed by atoms with Crippen LogP contribution in [0.3, 0.4) is 0 Å². The van der Waals surface area contributed by atoms with Gasteiger partial charge in [-0.2, -0.15) is 0 Å². The zero-order valence-corrected chi connectivity index (χ0v) is 6.87. The molecule has 0 atom stereocenters. The standard InChI is InChI=1S/C9H10N2O/c1-6-11-9-7(5-10)3-2-4-8(9)12-6/h2-4H,5,10H2,1H3. The van der Waals surface area contributed by atoms with Gasteiger partial charge in [0.2, 0.25) is 0 Å². The molecule has 1 aromatic heterocycles. The predicted molar refractivity (Wildman–Crippen MR) is 46.6 cm³/mol. The van der Waals surface area contributed by atoms with Gasteiger partial charge in [-0.15, -0.1) is 0 Å². The van der Waals surface area contributed by atoms with Crippen LogP contribution >= 0.6 is 0 Å². The average Bonchev–Trinajstić information content (AvgIpc) is 2.44. The molecule has 3 nitrogen and oxygen atoms in total. The summed E-state index contributed by atoms with van der Waals surface area (Å²) in [7, 11) is 0. The van der Waals surface area contributed by atoms with Crippen LogP contribution in [0.4, 0.5) is 0 Å². The van der Waals surface area contributed by atoms with Crippen LogP contribution in [0.2, 0.25) is 0 Å². The molecule has 1 aromatic carbocycles. The second-order valence-corrected chi connectivity index (χ2v) is 2.70. The number of para-hydroxylation sites is 1. The monoisotopic (exact) mass is 162 g/mol. The van der Waals surface area contributed by atoms with Crippen molar-refractivity contribution in [3.05, 3.63) is 29.7 Å². The minimum Gasteiger partial charge on any atom is -0.441 e. The van der Waals surface area contributed by atoms with E-state index in [9.17, 15) is 0 Å². The summed E-state index contributed by atoms with van der Waals surface area (Å²) in [6.45, 7) is 2.34. The van der Waals surface area contributed by atoms with Gasteiger partial charge in [-0.25, -0.2) is 4.98 Å². The fraction of sp³-hybridized carbons (Fsp3) is 0.222. The minimum atomic E-state index is 0.503. The molecule has 2 aromatic rings. The molecule has 0 saturated carbocycles. The number of rotatable bonds is 1. The maximum absolute atomic E-state index is 5.54. The number of fused-ring (bicyclic) bond motifs is 1. The Morgan fingerprint density at radius 3 is 3.08 bits per heavy atom. The Bertz CT molecular complexity index is 406. The maximum Gasteiger partial charge on any atom is 0.192 e. The van der Waals surface area contributed by atoms with Crippen molar-refractivity contribution in [3.8, 4) is 0 Å². The molecule has 0 unspecified atom stereocenters. The van der Waals surface area contributed by atoms with E-state index >= 15 is 0 Å². The molecule has 0 aliphatic rings. The third-order valence-corrected chi connectivity index (χ3v) is 1.83. The highest BCUT2D eigenvalue weighted by Crippen LogP contribution is 2.18. The maximum atomic E-state index is 5.54. The Hall–Kier alpha value is -1.35. The number of hydrogen-bond acceptors (Lipinski definition) is 3. The van der Waals surface area contributed by atoms with E-state index in [-0.39, 0.29) is 0 Å². The smallest absolute Gasteiger partial charge is 0.192 e. The zero-order chi connectivity index (χ0) is 8.55. The molecular formula is C9H10N2O. The second kappa shape index (κ2) is 2.60. The van der Waals surface area contributed by atoms with E-state index in [2.05, 4.69) is 4.98 Å². The average molecular weight is 162 g/mol. The Morgan fingerprint density at radius 1 is 1.50 bits per heavy atom. The van der Waals surface area contributed by atoms with Crippen LogP contribution in [0.25, 0.3) is 11.1 Å². The lowest BCUT2D eigenvalue weighted by atomic mass is 10.2. The number of benzene rings is 1. The van der Waals surface area contributed by atoms with Crippen LogP contribution in [0.1, 0.15) is 11.5 Å². The van der Waals surface area contributed by atoms with Crippen molar-refractivity contribution in [1.29, 1.82) is 0 Å². The zero-order valence-electron chi connectivity index (χ0n) is 6.87. The molecule has 3 heteroatoms. The highest BCUT2D eigenvalue weighted by molar-refractivity contribution is 5.76. The summed E-state index contributed by atoms with van der Waals surface area (Å²) in [5.74, 6) is 0.686. The van der Waals surface area contributed by atoms with E-state index < -0.39 is 0 Å². The van der Waals surface area contributed by atoms with Gasteiger partial charge in [0.15, 0.2) is 11.5 Å². The summed E-state index contributed by atoms with van der Waals surface area (Å²) in [4.78, 5) is 4.24. The van der Waals surface area contributed by atoms with E-state index in [1.807, 2.05) is 25.1 Å². The van der Waals surface area contributed by atoms with Gasteiger partial charge in [0.05, 0.1) is 0 Å². The van der Waals surface area contributed by atoms with Crippen LogP contribution in [0, 0.1) is 6.92 Å². The highest BCUT2D eigenvalue weighted by Gasteiger charge is 2.04. The fourth-order valence-corrected chi connectivity index (χ4v) is 1.28. The van der Waals surface area contributed by atoms with E-state index in [0.29, 0.717) is 12.4 Å². The van der Waals surface area contributed by atoms with Crippen molar-refractivity contribution in [2.75, 3.05) is 0 Å². The predicted octanol–water partition coefficient (Wildman–Crippen LogP) is 1.59. The lowest BCUT2D eigenvalue weighted by molar-refractivity contribution is 0.561. The molecule has 2 N–H and O–H groups in total. The molecular weight excluding hydrogens is 152 g/mol. The van der Waals surface area contributed by atoms with E-state index in [4.69, 9.17) is 10.2 Å². The van der Waals surface area contributed by atoms with E-state index in [1.54, 1.807) is 0 Å². The van der Waals surface area contributed by atoms with Gasteiger partial charge in [0.25, 0.3) is 0 Å². The van der Waals surface area contributed by atoms with Crippen LogP contribution in [-0.2, 0) is 6.54 Å². The second-order valence-electron chi connectivity index (χ2n) is 2.70. The molecule has 0 aliphatic heterocycles. The third-order valence-electron chi connectivity index (χ3n) is 1.83. The van der Waals surface area contributed by atoms with Crippen molar-refractivity contribution >= 4 is 11.1 Å². The van der Waals surface area contributed by atoms with Crippen molar-refractivity contribution in [2.45, 2.75) is 13.5 Å². The summed E-state index contributed by atoms with van der Waals surface area (Å²) in [5, 5.41) is 0. The first kappa shape index (κ1) is 7.31. The molecule has 0 aliphatic carbocycles. The fourth-order valence-electron chi connectivity index (χ4n) is 1.28. The SMILES string of the molecule is Cc1nc2c(CN)cccc2o1. The van der Waals surface area contributed by atoms with Gasteiger partial charge in [0.1, 0.15) is 5.52 Å². The summed E-state index contributed by atoms with van der Waals surface area (Å²) in [6.07, 6.45) is 0. The Balaban J connectivity index is 2.78. The minimum absolute atomic E-state index is 0.503. The quantitative estimate of drug-likeness (QED) is 0.692. The number of aryl methyl sites for hydroxylation is 1. The Labute approximate surface area is 70.2 Å². The Morgan fingerprint density at radius 2 is 2.33 bits per heavy atom. The lowest BCUT2D eigenvalue weighted by Crippen LogP contribution is -1.96. The molecule has 0 fully saturated rings. The number of oxazole rings is 1. The summed E-state index contributed by atoms with van der Waals surface area (Å²) in [6, 6.07) is 5.79. The first-order valence-corrected chi connectivity index (χ1v) is 3.86. The van der Waals surface area contributed by atoms with E-state index in [0.717, 1.165) is 16.7 Å². The van der Waals surface area contributed by atoms with Gasteiger partial charge in [-0.3, -0.25) is 0 Å². The first-order valence-electron chi connectivity index (χ1n) is 3.86. The van der Waals surface area contributed by atoms with Crippen molar-refractivity contribution < 1.29 is 4.42 Å². The number of nitrogens with zero attached hydrogens (tertiary/aromatic N) is 1. The Kier molecular flexibility index (Phi) is 1.59. The van der Waals surface area contributed by atoms with Gasteiger partial charge >= 0.3 is 0 Å². The molecule has 0 saturated heterocycles. The van der Waals surface area contributed by atoms with Crippen molar-refractivity contribution in [2.24, 2.45) is 5.73 Å². The normalized spacial score (nSPS) is 10.8. The van der Waals surface area contributed by atoms with Gasteiger partial charge in [0, 0.05) is 13.5 Å². The summed E-state index contributed by atoms with van der Waals surface area (Å²) < 4.78 is 5.34. The van der Waals surface area contributed by atoms with Crippen LogP contribution in [0.5, 0.6) is 0 Å². The van der Waals surface area contributed by atoms with Crippen molar-refractivity contribution in [3.63, 3.8) is 0 Å². The molecule has 0 bridgehead atoms. The molecule has 0 radical (unpaired) electrons. The summed E-state index contributed by atoms with van der Waals surface area (Å²) >= 11 is 0. The number of aromatic nitrogens is 1. The molecule has 1 heterocycles. The largest absolute Gasteiger partial charge is 0.441 e. The van der Waals surface area contributed by atoms with Crippen LogP contribution in [0.15, 0.2) is 22.6 Å². The molecule has 2 rings (SSSR count). The van der Waals surface area contributed by atoms with Gasteiger partial charge in [-0.1, -0.05) is 12.1 Å². The van der Waals surface area contributed by atoms with Crippen molar-refractivity contribution in [1.82, 2.24) is 4.98 Å². The van der Waals surface area contributed by atoms with Gasteiger partial charge in [-0.05, 0) is 11.6 Å². The topological polar surface area (TPSA) is 52.0 Å². The summed E-state index contributed by atoms with van der Waals surface area (Å²) in [5.41, 5.74) is 8.28. The first-order chi connectivity index (χ1) is 5.81. The third kappa shape index (κ3) is 0.987. The van der Waals surface area contributed by atoms with Gasteiger partial charge < -0.3 is 10.2 Å². The molecule has 0 spiro atoms. The number of nitrogens with two attached hydrogens (primary N) is 1. The molecule has 62 valence electrons. The van der Waals surface area contributed by atoms with Crippen LogP contribution < -0.4 is 5.73 Å². The highest BCUT2D eigenvalue weighted by atomic mass is 16.3. The molecule has 0 amide bonds.